The number of H-pyrrole nitrogens is 1. The van der Waals surface area contributed by atoms with E-state index in [0.29, 0.717) is 17.3 Å². The lowest BCUT2D eigenvalue weighted by atomic mass is 10.2. The molecule has 0 bridgehead atoms. The molecule has 0 aliphatic carbocycles. The summed E-state index contributed by atoms with van der Waals surface area (Å²) in [6.07, 6.45) is 0. The molecule has 0 saturated heterocycles. The fraction of sp³-hybridized carbons (Fsp3) is 0.250. The second-order valence-electron chi connectivity index (χ2n) is 4.19. The van der Waals surface area contributed by atoms with E-state index in [4.69, 9.17) is 11.6 Å². The second-order valence-corrected chi connectivity index (χ2v) is 4.59. The number of nitrogens with zero attached hydrogens (tertiary/aromatic N) is 2. The van der Waals surface area contributed by atoms with Gasteiger partial charge in [-0.2, -0.15) is 5.10 Å². The Kier molecular flexibility index (Phi) is 3.71. The van der Waals surface area contributed by atoms with Gasteiger partial charge in [0.1, 0.15) is 0 Å². The van der Waals surface area contributed by atoms with Gasteiger partial charge in [0.15, 0.2) is 0 Å². The van der Waals surface area contributed by atoms with E-state index in [1.165, 1.54) is 18.2 Å². The molecule has 0 spiro atoms. The van der Waals surface area contributed by atoms with Crippen LogP contribution in [0.25, 0.3) is 0 Å². The van der Waals surface area contributed by atoms with E-state index in [1.54, 1.807) is 0 Å². The molecule has 7 heteroatoms. The molecule has 100 valence electrons. The highest BCUT2D eigenvalue weighted by atomic mass is 35.5. The number of benzene rings is 1. The van der Waals surface area contributed by atoms with Crippen LogP contribution < -0.4 is 5.32 Å². The van der Waals surface area contributed by atoms with Gasteiger partial charge in [0, 0.05) is 29.9 Å². The molecule has 2 rings (SSSR count). The number of nitro groups is 1. The van der Waals surface area contributed by atoms with Crippen molar-refractivity contribution in [1.82, 2.24) is 10.2 Å². The molecule has 2 N–H and O–H groups in total. The minimum Gasteiger partial charge on any atom is -0.379 e. The Morgan fingerprint density at radius 2 is 2.21 bits per heavy atom. The maximum Gasteiger partial charge on any atom is 0.271 e. The highest BCUT2D eigenvalue weighted by Gasteiger charge is 2.11. The van der Waals surface area contributed by atoms with Crippen LogP contribution in [0.1, 0.15) is 17.0 Å². The van der Waals surface area contributed by atoms with Crippen LogP contribution >= 0.6 is 11.6 Å². The largest absolute Gasteiger partial charge is 0.379 e. The van der Waals surface area contributed by atoms with Gasteiger partial charge < -0.3 is 5.32 Å². The van der Waals surface area contributed by atoms with Crippen molar-refractivity contribution in [2.75, 3.05) is 5.32 Å². The summed E-state index contributed by atoms with van der Waals surface area (Å²) in [7, 11) is 0. The minimum absolute atomic E-state index is 0.00698. The maximum atomic E-state index is 10.7. The molecule has 6 nitrogen and oxygen atoms in total. The average molecular weight is 281 g/mol. The third-order valence-electron chi connectivity index (χ3n) is 2.90. The normalized spacial score (nSPS) is 10.5. The first kappa shape index (κ1) is 13.4. The number of rotatable bonds is 4. The third-order valence-corrected chi connectivity index (χ3v) is 3.23. The highest BCUT2D eigenvalue weighted by Crippen LogP contribution is 2.27. The van der Waals surface area contributed by atoms with Gasteiger partial charge in [-0.3, -0.25) is 15.2 Å². The van der Waals surface area contributed by atoms with Crippen molar-refractivity contribution in [3.63, 3.8) is 0 Å². The third kappa shape index (κ3) is 2.85. The Bertz CT molecular complexity index is 605. The Hall–Kier alpha value is -2.08. The van der Waals surface area contributed by atoms with Crippen LogP contribution in [0.3, 0.4) is 0 Å². The Labute approximate surface area is 114 Å². The Morgan fingerprint density at radius 3 is 2.79 bits per heavy atom. The molecule has 0 saturated carbocycles. The predicted molar refractivity (Wildman–Crippen MR) is 73.5 cm³/mol. The van der Waals surface area contributed by atoms with E-state index in [2.05, 4.69) is 15.5 Å². The van der Waals surface area contributed by atoms with Crippen molar-refractivity contribution >= 4 is 23.0 Å². The molecule has 0 radical (unpaired) electrons. The second kappa shape index (κ2) is 5.27. The summed E-state index contributed by atoms with van der Waals surface area (Å²) in [6, 6.07) is 4.31. The number of non-ortho nitro benzene ring substituents is 1. The van der Waals surface area contributed by atoms with Gasteiger partial charge in [-0.05, 0) is 19.9 Å². The fourth-order valence-corrected chi connectivity index (χ4v) is 1.96. The van der Waals surface area contributed by atoms with Gasteiger partial charge in [-0.1, -0.05) is 11.6 Å². The number of halogens is 1. The molecule has 0 amide bonds. The molecule has 0 aliphatic heterocycles. The van der Waals surface area contributed by atoms with Crippen molar-refractivity contribution in [3.8, 4) is 0 Å². The van der Waals surface area contributed by atoms with Crippen molar-refractivity contribution in [1.29, 1.82) is 0 Å². The minimum atomic E-state index is -0.449. The number of aromatic amines is 1. The first-order valence-electron chi connectivity index (χ1n) is 5.67. The van der Waals surface area contributed by atoms with Crippen LogP contribution in [0.5, 0.6) is 0 Å². The average Bonchev–Trinajstić information content (AvgIpc) is 2.68. The van der Waals surface area contributed by atoms with Gasteiger partial charge in [0.25, 0.3) is 5.69 Å². The summed E-state index contributed by atoms with van der Waals surface area (Å²) in [5.41, 5.74) is 3.43. The number of aryl methyl sites for hydroxylation is 2. The van der Waals surface area contributed by atoms with Crippen molar-refractivity contribution in [2.24, 2.45) is 0 Å². The topological polar surface area (TPSA) is 83.8 Å². The van der Waals surface area contributed by atoms with Crippen molar-refractivity contribution in [2.45, 2.75) is 20.4 Å². The molecular weight excluding hydrogens is 268 g/mol. The lowest BCUT2D eigenvalue weighted by molar-refractivity contribution is -0.384. The van der Waals surface area contributed by atoms with E-state index in [1.807, 2.05) is 13.8 Å². The first-order valence-corrected chi connectivity index (χ1v) is 6.05. The Morgan fingerprint density at radius 1 is 1.47 bits per heavy atom. The number of nitro benzene ring substituents is 1. The monoisotopic (exact) mass is 280 g/mol. The molecule has 1 aromatic heterocycles. The zero-order chi connectivity index (χ0) is 14.0. The van der Waals surface area contributed by atoms with Gasteiger partial charge in [0.2, 0.25) is 0 Å². The standard InChI is InChI=1S/C12H13ClN4O2/c1-7-10(8(2)16-15-7)6-14-12-5-9(17(18)19)3-4-11(12)13/h3-5,14H,6H2,1-2H3,(H,15,16). The smallest absolute Gasteiger partial charge is 0.271 e. The SMILES string of the molecule is Cc1n[nH]c(C)c1CNc1cc([N+](=O)[O-])ccc1Cl. The van der Waals surface area contributed by atoms with Crippen molar-refractivity contribution in [3.05, 3.63) is 50.3 Å². The molecule has 0 aliphatic rings. The van der Waals surface area contributed by atoms with Gasteiger partial charge >= 0.3 is 0 Å². The lowest BCUT2D eigenvalue weighted by Crippen LogP contribution is -2.02. The molecular formula is C12H13ClN4O2. The van der Waals surface area contributed by atoms with Crippen LogP contribution in [0.2, 0.25) is 5.02 Å². The number of aromatic nitrogens is 2. The molecule has 1 aromatic carbocycles. The molecule has 0 atom stereocenters. The van der Waals surface area contributed by atoms with E-state index >= 15 is 0 Å². The van der Waals surface area contributed by atoms with Crippen LogP contribution in [-0.2, 0) is 6.54 Å². The number of hydrogen-bond acceptors (Lipinski definition) is 4. The van der Waals surface area contributed by atoms with Gasteiger partial charge in [-0.15, -0.1) is 0 Å². The summed E-state index contributed by atoms with van der Waals surface area (Å²) in [5, 5.41) is 21.2. The molecule has 0 fully saturated rings. The van der Waals surface area contributed by atoms with Crippen LogP contribution in [0.4, 0.5) is 11.4 Å². The molecule has 2 aromatic rings. The van der Waals surface area contributed by atoms with E-state index < -0.39 is 4.92 Å². The summed E-state index contributed by atoms with van der Waals surface area (Å²) in [5.74, 6) is 0. The first-order chi connectivity index (χ1) is 8.99. The van der Waals surface area contributed by atoms with E-state index in [9.17, 15) is 10.1 Å². The van der Waals surface area contributed by atoms with E-state index in [0.717, 1.165) is 17.0 Å². The van der Waals surface area contributed by atoms with Crippen LogP contribution in [-0.4, -0.2) is 15.1 Å². The Balaban J connectivity index is 2.20. The van der Waals surface area contributed by atoms with Crippen LogP contribution in [0, 0.1) is 24.0 Å². The van der Waals surface area contributed by atoms with Crippen molar-refractivity contribution < 1.29 is 4.92 Å². The van der Waals surface area contributed by atoms with Crippen LogP contribution in [0.15, 0.2) is 18.2 Å². The molecule has 19 heavy (non-hydrogen) atoms. The highest BCUT2D eigenvalue weighted by molar-refractivity contribution is 6.33. The van der Waals surface area contributed by atoms with Gasteiger partial charge in [-0.25, -0.2) is 0 Å². The molecule has 1 heterocycles. The zero-order valence-corrected chi connectivity index (χ0v) is 11.3. The summed E-state index contributed by atoms with van der Waals surface area (Å²) in [4.78, 5) is 10.3. The zero-order valence-electron chi connectivity index (χ0n) is 10.5. The summed E-state index contributed by atoms with van der Waals surface area (Å²) >= 11 is 6.01. The number of anilines is 1. The number of nitrogens with one attached hydrogen (secondary N) is 2. The number of hydrogen-bond donors (Lipinski definition) is 2. The van der Waals surface area contributed by atoms with E-state index in [-0.39, 0.29) is 5.69 Å². The predicted octanol–water partition coefficient (Wildman–Crippen LogP) is 3.20. The van der Waals surface area contributed by atoms with Gasteiger partial charge in [0.05, 0.1) is 21.3 Å². The molecule has 0 unspecified atom stereocenters. The maximum absolute atomic E-state index is 10.7. The summed E-state index contributed by atoms with van der Waals surface area (Å²) in [6.45, 7) is 4.33. The quantitative estimate of drug-likeness (QED) is 0.665. The fourth-order valence-electron chi connectivity index (χ4n) is 1.78. The summed E-state index contributed by atoms with van der Waals surface area (Å²) < 4.78 is 0. The lowest BCUT2D eigenvalue weighted by Gasteiger charge is -2.08.